The average molecular weight is 274 g/mol. The highest BCUT2D eigenvalue weighted by Crippen LogP contribution is 2.39. The van der Waals surface area contributed by atoms with Crippen molar-refractivity contribution >= 4 is 11.4 Å². The summed E-state index contributed by atoms with van der Waals surface area (Å²) in [5.74, 6) is 0. The van der Waals surface area contributed by atoms with E-state index in [1.54, 1.807) is 11.8 Å². The average Bonchev–Trinajstić information content (AvgIpc) is 2.28. The molecule has 0 unspecified atom stereocenters. The molecular formula is C13H17F3N2O. The van der Waals surface area contributed by atoms with Gasteiger partial charge in [-0.3, -0.25) is 0 Å². The molecule has 0 aliphatic carbocycles. The molecular weight excluding hydrogens is 257 g/mol. The van der Waals surface area contributed by atoms with Crippen LogP contribution in [0.15, 0.2) is 18.2 Å². The van der Waals surface area contributed by atoms with Gasteiger partial charge in [0.25, 0.3) is 0 Å². The van der Waals surface area contributed by atoms with Crippen LogP contribution in [-0.4, -0.2) is 23.8 Å². The Bertz CT molecular complexity index is 461. The van der Waals surface area contributed by atoms with Gasteiger partial charge in [0.1, 0.15) is 0 Å². The van der Waals surface area contributed by atoms with Crippen molar-refractivity contribution in [3.05, 3.63) is 23.8 Å². The van der Waals surface area contributed by atoms with Crippen molar-refractivity contribution in [3.63, 3.8) is 0 Å². The van der Waals surface area contributed by atoms with Crippen molar-refractivity contribution in [3.8, 4) is 0 Å². The van der Waals surface area contributed by atoms with Gasteiger partial charge >= 0.3 is 6.18 Å². The van der Waals surface area contributed by atoms with E-state index in [2.05, 4.69) is 0 Å². The third-order valence-corrected chi connectivity index (χ3v) is 3.51. The molecule has 3 N–H and O–H groups in total. The second-order valence-corrected chi connectivity index (χ2v) is 5.26. The summed E-state index contributed by atoms with van der Waals surface area (Å²) in [6.07, 6.45) is -3.52. The first-order valence-electron chi connectivity index (χ1n) is 6.13. The lowest BCUT2D eigenvalue weighted by Crippen LogP contribution is -2.43. The number of benzene rings is 1. The highest BCUT2D eigenvalue weighted by molar-refractivity contribution is 5.61. The number of nitrogen functional groups attached to an aromatic ring is 1. The zero-order chi connectivity index (χ0) is 14.3. The minimum absolute atomic E-state index is 0.0973. The lowest BCUT2D eigenvalue weighted by Gasteiger charge is -2.38. The zero-order valence-corrected chi connectivity index (χ0v) is 10.7. The molecule has 106 valence electrons. The van der Waals surface area contributed by atoms with Crippen LogP contribution in [0.4, 0.5) is 24.5 Å². The topological polar surface area (TPSA) is 49.5 Å². The van der Waals surface area contributed by atoms with E-state index in [1.807, 2.05) is 0 Å². The fraction of sp³-hybridized carbons (Fsp3) is 0.538. The fourth-order valence-corrected chi connectivity index (χ4v) is 2.29. The van der Waals surface area contributed by atoms with Crippen LogP contribution >= 0.6 is 0 Å². The Labute approximate surface area is 109 Å². The van der Waals surface area contributed by atoms with Gasteiger partial charge in [-0.25, -0.2) is 0 Å². The number of piperidine rings is 1. The number of alkyl halides is 3. The summed E-state index contributed by atoms with van der Waals surface area (Å²) in [6, 6.07) is 3.83. The van der Waals surface area contributed by atoms with Crippen LogP contribution in [-0.2, 0) is 6.18 Å². The summed E-state index contributed by atoms with van der Waals surface area (Å²) >= 11 is 0. The Hall–Kier alpha value is -1.43. The van der Waals surface area contributed by atoms with Crippen molar-refractivity contribution < 1.29 is 18.3 Å². The predicted molar refractivity (Wildman–Crippen MR) is 67.9 cm³/mol. The van der Waals surface area contributed by atoms with Gasteiger partial charge in [-0.2, -0.15) is 13.2 Å². The van der Waals surface area contributed by atoms with Gasteiger partial charge in [-0.1, -0.05) is 0 Å². The minimum Gasteiger partial charge on any atom is -0.399 e. The number of aliphatic hydroxyl groups is 1. The van der Waals surface area contributed by atoms with Gasteiger partial charge in [0.2, 0.25) is 0 Å². The molecule has 1 saturated heterocycles. The molecule has 0 spiro atoms. The Balaban J connectivity index is 2.30. The zero-order valence-electron chi connectivity index (χ0n) is 10.7. The first kappa shape index (κ1) is 14.0. The molecule has 1 aromatic rings. The summed E-state index contributed by atoms with van der Waals surface area (Å²) in [7, 11) is 0. The Morgan fingerprint density at radius 2 is 1.84 bits per heavy atom. The molecule has 1 aliphatic heterocycles. The molecule has 6 heteroatoms. The molecule has 0 amide bonds. The summed E-state index contributed by atoms with van der Waals surface area (Å²) in [6.45, 7) is 2.51. The van der Waals surface area contributed by atoms with Crippen molar-refractivity contribution in [1.29, 1.82) is 0 Å². The summed E-state index contributed by atoms with van der Waals surface area (Å²) in [5.41, 5.74) is 4.17. The third kappa shape index (κ3) is 3.12. The largest absolute Gasteiger partial charge is 0.418 e. The number of nitrogens with two attached hydrogens (primary N) is 1. The van der Waals surface area contributed by atoms with Crippen molar-refractivity contribution in [2.45, 2.75) is 31.5 Å². The summed E-state index contributed by atoms with van der Waals surface area (Å²) < 4.78 is 39.0. The second-order valence-electron chi connectivity index (χ2n) is 5.26. The van der Waals surface area contributed by atoms with Crippen LogP contribution in [0.5, 0.6) is 0 Å². The molecule has 0 atom stereocenters. The quantitative estimate of drug-likeness (QED) is 0.774. The number of halogens is 3. The van der Waals surface area contributed by atoms with E-state index in [0.717, 1.165) is 6.07 Å². The van der Waals surface area contributed by atoms with Gasteiger partial charge in [-0.05, 0) is 38.0 Å². The number of hydrogen-bond donors (Lipinski definition) is 2. The first-order chi connectivity index (χ1) is 8.69. The monoisotopic (exact) mass is 274 g/mol. The first-order valence-corrected chi connectivity index (χ1v) is 6.13. The molecule has 19 heavy (non-hydrogen) atoms. The predicted octanol–water partition coefficient (Wildman–Crippen LogP) is 2.64. The number of nitrogens with zero attached hydrogens (tertiary/aromatic N) is 1. The van der Waals surface area contributed by atoms with Crippen LogP contribution < -0.4 is 10.6 Å². The van der Waals surface area contributed by atoms with E-state index in [9.17, 15) is 18.3 Å². The smallest absolute Gasteiger partial charge is 0.399 e. The lowest BCUT2D eigenvalue weighted by atomic mass is 9.93. The van der Waals surface area contributed by atoms with Crippen LogP contribution in [0.1, 0.15) is 25.3 Å². The maximum Gasteiger partial charge on any atom is 0.418 e. The molecule has 3 nitrogen and oxygen atoms in total. The molecule has 0 radical (unpaired) electrons. The Morgan fingerprint density at radius 1 is 1.26 bits per heavy atom. The van der Waals surface area contributed by atoms with E-state index in [4.69, 9.17) is 5.73 Å². The Kier molecular flexibility index (Phi) is 3.38. The summed E-state index contributed by atoms with van der Waals surface area (Å²) in [4.78, 5) is 1.65. The van der Waals surface area contributed by atoms with Gasteiger partial charge in [-0.15, -0.1) is 0 Å². The van der Waals surface area contributed by atoms with Crippen molar-refractivity contribution in [2.24, 2.45) is 0 Å². The van der Waals surface area contributed by atoms with Crippen LogP contribution in [0.3, 0.4) is 0 Å². The molecule has 0 saturated carbocycles. The molecule has 0 aromatic heterocycles. The molecule has 0 bridgehead atoms. The minimum atomic E-state index is -4.43. The van der Waals surface area contributed by atoms with Crippen molar-refractivity contribution in [2.75, 3.05) is 23.7 Å². The van der Waals surface area contributed by atoms with Gasteiger partial charge in [0.15, 0.2) is 0 Å². The van der Waals surface area contributed by atoms with Crippen molar-refractivity contribution in [1.82, 2.24) is 0 Å². The molecule has 1 aliphatic rings. The maximum absolute atomic E-state index is 13.0. The maximum atomic E-state index is 13.0. The molecule has 1 fully saturated rings. The van der Waals surface area contributed by atoms with Crippen LogP contribution in [0.25, 0.3) is 0 Å². The highest BCUT2D eigenvalue weighted by atomic mass is 19.4. The van der Waals surface area contributed by atoms with E-state index >= 15 is 0 Å². The van der Waals surface area contributed by atoms with Gasteiger partial charge in [0, 0.05) is 24.5 Å². The number of rotatable bonds is 1. The van der Waals surface area contributed by atoms with Gasteiger partial charge in [0.05, 0.1) is 11.2 Å². The van der Waals surface area contributed by atoms with E-state index < -0.39 is 17.3 Å². The van der Waals surface area contributed by atoms with Crippen LogP contribution in [0.2, 0.25) is 0 Å². The van der Waals surface area contributed by atoms with E-state index in [0.29, 0.717) is 25.9 Å². The van der Waals surface area contributed by atoms with E-state index in [-0.39, 0.29) is 11.4 Å². The van der Waals surface area contributed by atoms with Gasteiger partial charge < -0.3 is 15.7 Å². The second kappa shape index (κ2) is 4.59. The normalized spacial score (nSPS) is 19.5. The number of anilines is 2. The van der Waals surface area contributed by atoms with E-state index in [1.165, 1.54) is 12.1 Å². The molecule has 2 rings (SSSR count). The highest BCUT2D eigenvalue weighted by Gasteiger charge is 2.36. The third-order valence-electron chi connectivity index (χ3n) is 3.51. The number of hydrogen-bond acceptors (Lipinski definition) is 3. The lowest BCUT2D eigenvalue weighted by molar-refractivity contribution is -0.137. The fourth-order valence-electron chi connectivity index (χ4n) is 2.29. The standard InChI is InChI=1S/C13H17F3N2O/c1-12(19)4-6-18(7-5-12)11-3-2-9(17)8-10(11)13(14,15)16/h2-3,8,19H,4-7,17H2,1H3. The molecule has 1 aromatic carbocycles. The van der Waals surface area contributed by atoms with Crippen LogP contribution in [0, 0.1) is 0 Å². The SMILES string of the molecule is CC1(O)CCN(c2ccc(N)cc2C(F)(F)F)CC1. The Morgan fingerprint density at radius 3 is 2.37 bits per heavy atom. The summed E-state index contributed by atoms with van der Waals surface area (Å²) in [5, 5.41) is 9.84. The molecule has 1 heterocycles.